The first-order valence-corrected chi connectivity index (χ1v) is 13.0. The Kier molecular flexibility index (Phi) is 6.61. The highest BCUT2D eigenvalue weighted by Crippen LogP contribution is 2.42. The number of hydrogen-bond donors (Lipinski definition) is 3. The third-order valence-corrected chi connectivity index (χ3v) is 9.20. The summed E-state index contributed by atoms with van der Waals surface area (Å²) in [6.45, 7) is 1.86. The van der Waals surface area contributed by atoms with Crippen molar-refractivity contribution >= 4 is 52.6 Å². The SMILES string of the molecule is Cc1nnc(SCC2=C(C(=O)O)N3C(=O)C(NC(=O)CC4(N)CCCCC4)[C@H]3SC2)s1. The number of carboxylic acids is 1. The zero-order chi connectivity index (χ0) is 22.2. The Hall–Kier alpha value is -1.63. The second kappa shape index (κ2) is 9.08. The van der Waals surface area contributed by atoms with E-state index >= 15 is 0 Å². The molecule has 2 atom stereocenters. The lowest BCUT2D eigenvalue weighted by Crippen LogP contribution is -2.71. The molecular weight excluding hydrogens is 458 g/mol. The third-order valence-electron chi connectivity index (χ3n) is 5.81. The molecule has 2 aliphatic heterocycles. The largest absolute Gasteiger partial charge is 0.477 e. The first-order valence-electron chi connectivity index (χ1n) is 10.2. The molecule has 1 saturated heterocycles. The summed E-state index contributed by atoms with van der Waals surface area (Å²) in [5, 5.41) is 21.0. The number of aromatic nitrogens is 2. The van der Waals surface area contributed by atoms with Gasteiger partial charge in [0.15, 0.2) is 4.34 Å². The quantitative estimate of drug-likeness (QED) is 0.391. The Balaban J connectivity index is 1.40. The maximum absolute atomic E-state index is 12.8. The molecule has 0 bridgehead atoms. The summed E-state index contributed by atoms with van der Waals surface area (Å²) in [7, 11) is 0. The number of nitrogens with zero attached hydrogens (tertiary/aromatic N) is 3. The number of aliphatic carboxylic acids is 1. The predicted molar refractivity (Wildman–Crippen MR) is 120 cm³/mol. The summed E-state index contributed by atoms with van der Waals surface area (Å²) in [6.07, 6.45) is 4.98. The monoisotopic (exact) mass is 483 g/mol. The molecule has 2 fully saturated rings. The fraction of sp³-hybridized carbons (Fsp3) is 0.632. The molecule has 0 radical (unpaired) electrons. The predicted octanol–water partition coefficient (Wildman–Crippen LogP) is 1.73. The highest BCUT2D eigenvalue weighted by atomic mass is 32.2. The lowest BCUT2D eigenvalue weighted by Gasteiger charge is -2.49. The Morgan fingerprint density at radius 2 is 2.06 bits per heavy atom. The van der Waals surface area contributed by atoms with Gasteiger partial charge in [0.05, 0.1) is 0 Å². The number of carboxylic acid groups (broad SMARTS) is 1. The minimum atomic E-state index is -1.13. The summed E-state index contributed by atoms with van der Waals surface area (Å²) >= 11 is 4.34. The molecule has 3 heterocycles. The summed E-state index contributed by atoms with van der Waals surface area (Å²) in [5.41, 5.74) is 6.56. The van der Waals surface area contributed by atoms with Gasteiger partial charge in [-0.2, -0.15) is 0 Å². The molecular formula is C19H25N5O4S3. The number of nitrogens with one attached hydrogen (secondary N) is 1. The van der Waals surface area contributed by atoms with Crippen LogP contribution in [0.1, 0.15) is 43.5 Å². The molecule has 3 aliphatic rings. The molecule has 168 valence electrons. The first-order chi connectivity index (χ1) is 14.8. The summed E-state index contributed by atoms with van der Waals surface area (Å²) in [5.74, 6) is -0.847. The number of nitrogens with two attached hydrogens (primary N) is 1. The van der Waals surface area contributed by atoms with Crippen molar-refractivity contribution in [3.05, 3.63) is 16.3 Å². The van der Waals surface area contributed by atoms with E-state index in [0.717, 1.165) is 41.5 Å². The first kappa shape index (κ1) is 22.6. The zero-order valence-corrected chi connectivity index (χ0v) is 19.6. The van der Waals surface area contributed by atoms with Gasteiger partial charge in [0.2, 0.25) is 5.91 Å². The number of aryl methyl sites for hydroxylation is 1. The maximum Gasteiger partial charge on any atom is 0.352 e. The second-order valence-electron chi connectivity index (χ2n) is 8.19. The standard InChI is InChI=1S/C19H25N5O4S3/c1-10-22-23-18(31-10)30-9-11-8-29-16-13(15(26)24(16)14(11)17(27)28)21-12(25)7-19(20)5-3-2-4-6-19/h13,16H,2-9,20H2,1H3,(H,21,25)(H,27,28)/t13?,16-/m1/s1. The average molecular weight is 484 g/mol. The molecule has 4 N–H and O–H groups in total. The summed E-state index contributed by atoms with van der Waals surface area (Å²) in [4.78, 5) is 38.6. The minimum absolute atomic E-state index is 0.0237. The summed E-state index contributed by atoms with van der Waals surface area (Å²) in [6, 6.07) is -0.709. The van der Waals surface area contributed by atoms with Gasteiger partial charge in [-0.1, -0.05) is 42.4 Å². The van der Waals surface area contributed by atoms with Crippen LogP contribution in [0.3, 0.4) is 0 Å². The number of fused-ring (bicyclic) bond motifs is 1. The Morgan fingerprint density at radius 1 is 1.32 bits per heavy atom. The Bertz CT molecular complexity index is 927. The molecule has 12 heteroatoms. The van der Waals surface area contributed by atoms with Crippen LogP contribution in [-0.4, -0.2) is 66.4 Å². The molecule has 9 nitrogen and oxygen atoms in total. The lowest BCUT2D eigenvalue weighted by atomic mass is 9.80. The van der Waals surface area contributed by atoms with E-state index in [9.17, 15) is 19.5 Å². The highest BCUT2D eigenvalue weighted by molar-refractivity contribution is 8.01. The number of hydrogen-bond acceptors (Lipinski definition) is 9. The van der Waals surface area contributed by atoms with Crippen LogP contribution in [0.4, 0.5) is 0 Å². The molecule has 1 unspecified atom stereocenters. The van der Waals surface area contributed by atoms with E-state index in [1.807, 2.05) is 6.92 Å². The minimum Gasteiger partial charge on any atom is -0.477 e. The topological polar surface area (TPSA) is 139 Å². The van der Waals surface area contributed by atoms with Gasteiger partial charge in [0.25, 0.3) is 5.91 Å². The van der Waals surface area contributed by atoms with E-state index in [2.05, 4.69) is 15.5 Å². The van der Waals surface area contributed by atoms with Gasteiger partial charge in [-0.05, 0) is 25.3 Å². The number of β-lactam (4-membered cyclic amide) rings is 1. The van der Waals surface area contributed by atoms with E-state index in [-0.39, 0.29) is 23.9 Å². The van der Waals surface area contributed by atoms with E-state index < -0.39 is 22.9 Å². The molecule has 0 aromatic carbocycles. The number of thioether (sulfide) groups is 2. The van der Waals surface area contributed by atoms with Crippen LogP contribution < -0.4 is 11.1 Å². The normalized spacial score (nSPS) is 25.1. The molecule has 2 amide bonds. The van der Waals surface area contributed by atoms with E-state index in [4.69, 9.17) is 5.73 Å². The van der Waals surface area contributed by atoms with Gasteiger partial charge < -0.3 is 16.2 Å². The molecule has 1 aromatic heterocycles. The van der Waals surface area contributed by atoms with Gasteiger partial charge in [-0.25, -0.2) is 4.79 Å². The van der Waals surface area contributed by atoms with Gasteiger partial charge in [0.1, 0.15) is 22.1 Å². The van der Waals surface area contributed by atoms with Crippen molar-refractivity contribution in [1.82, 2.24) is 20.4 Å². The van der Waals surface area contributed by atoms with Crippen LogP contribution in [0, 0.1) is 6.92 Å². The third kappa shape index (κ3) is 4.76. The van der Waals surface area contributed by atoms with Crippen LogP contribution in [0.15, 0.2) is 15.6 Å². The van der Waals surface area contributed by atoms with Crippen molar-refractivity contribution in [2.24, 2.45) is 5.73 Å². The number of rotatable bonds is 7. The van der Waals surface area contributed by atoms with Crippen molar-refractivity contribution in [3.63, 3.8) is 0 Å². The number of amides is 2. The van der Waals surface area contributed by atoms with E-state index in [0.29, 0.717) is 17.1 Å². The highest BCUT2D eigenvalue weighted by Gasteiger charge is 2.54. The molecule has 0 spiro atoms. The van der Waals surface area contributed by atoms with Crippen LogP contribution in [0.2, 0.25) is 0 Å². The molecule has 1 aliphatic carbocycles. The van der Waals surface area contributed by atoms with Gasteiger partial charge in [-0.3, -0.25) is 14.5 Å². The Labute approximate surface area is 192 Å². The van der Waals surface area contributed by atoms with Crippen molar-refractivity contribution < 1.29 is 19.5 Å². The van der Waals surface area contributed by atoms with E-state index in [1.165, 1.54) is 39.8 Å². The Morgan fingerprint density at radius 3 is 2.71 bits per heavy atom. The van der Waals surface area contributed by atoms with Crippen LogP contribution in [-0.2, 0) is 14.4 Å². The zero-order valence-electron chi connectivity index (χ0n) is 17.1. The van der Waals surface area contributed by atoms with Crippen molar-refractivity contribution in [2.75, 3.05) is 11.5 Å². The fourth-order valence-electron chi connectivity index (χ4n) is 4.26. The second-order valence-corrected chi connectivity index (χ2v) is 11.7. The fourth-order valence-corrected chi connectivity index (χ4v) is 7.56. The van der Waals surface area contributed by atoms with E-state index in [1.54, 1.807) is 0 Å². The summed E-state index contributed by atoms with van der Waals surface area (Å²) < 4.78 is 0.764. The van der Waals surface area contributed by atoms with Crippen LogP contribution in [0.25, 0.3) is 0 Å². The van der Waals surface area contributed by atoms with Gasteiger partial charge in [-0.15, -0.1) is 22.0 Å². The van der Waals surface area contributed by atoms with Crippen LogP contribution >= 0.6 is 34.9 Å². The maximum atomic E-state index is 12.8. The van der Waals surface area contributed by atoms with Gasteiger partial charge >= 0.3 is 5.97 Å². The average Bonchev–Trinajstić information content (AvgIpc) is 3.14. The number of carbonyl (C=O) groups is 3. The molecule has 1 saturated carbocycles. The molecule has 4 rings (SSSR count). The molecule has 31 heavy (non-hydrogen) atoms. The van der Waals surface area contributed by atoms with Crippen molar-refractivity contribution in [3.8, 4) is 0 Å². The lowest BCUT2D eigenvalue weighted by molar-refractivity contribution is -0.150. The smallest absolute Gasteiger partial charge is 0.352 e. The molecule has 1 aromatic rings. The van der Waals surface area contributed by atoms with Crippen molar-refractivity contribution in [2.45, 2.75) is 66.7 Å². The van der Waals surface area contributed by atoms with Gasteiger partial charge in [0, 0.05) is 23.5 Å². The van der Waals surface area contributed by atoms with Crippen molar-refractivity contribution in [1.29, 1.82) is 0 Å². The number of carbonyl (C=O) groups excluding carboxylic acids is 2. The van der Waals surface area contributed by atoms with Crippen LogP contribution in [0.5, 0.6) is 0 Å².